The Balaban J connectivity index is 1.61. The summed E-state index contributed by atoms with van der Waals surface area (Å²) in [6.45, 7) is 4.13. The first-order valence-corrected chi connectivity index (χ1v) is 13.9. The van der Waals surface area contributed by atoms with Crippen molar-refractivity contribution >= 4 is 39.4 Å². The highest BCUT2D eigenvalue weighted by molar-refractivity contribution is 7.90. The smallest absolute Gasteiger partial charge is 0.357 e. The van der Waals surface area contributed by atoms with E-state index in [2.05, 4.69) is 10.3 Å². The summed E-state index contributed by atoms with van der Waals surface area (Å²) in [5.41, 5.74) is 1.05. The Labute approximate surface area is 226 Å². The van der Waals surface area contributed by atoms with Crippen molar-refractivity contribution in [1.82, 2.24) is 15.0 Å². The van der Waals surface area contributed by atoms with Crippen molar-refractivity contribution in [1.29, 1.82) is 0 Å². The fraction of sp³-hybridized carbons (Fsp3) is 0.259. The summed E-state index contributed by atoms with van der Waals surface area (Å²) in [5, 5.41) is 3.36. The van der Waals surface area contributed by atoms with Crippen molar-refractivity contribution < 1.29 is 27.5 Å². The zero-order valence-electron chi connectivity index (χ0n) is 20.9. The van der Waals surface area contributed by atoms with Crippen LogP contribution in [0.4, 0.5) is 0 Å². The largest absolute Gasteiger partial charge is 0.458 e. The van der Waals surface area contributed by atoms with Crippen LogP contribution >= 0.6 is 11.6 Å². The quantitative estimate of drug-likeness (QED) is 0.338. The van der Waals surface area contributed by atoms with Crippen molar-refractivity contribution in [3.8, 4) is 0 Å². The molecule has 0 bridgehead atoms. The van der Waals surface area contributed by atoms with Gasteiger partial charge in [0.25, 0.3) is 21.8 Å². The molecule has 0 saturated heterocycles. The molecule has 0 aliphatic carbocycles. The van der Waals surface area contributed by atoms with E-state index in [9.17, 15) is 22.8 Å². The zero-order valence-corrected chi connectivity index (χ0v) is 22.5. The minimum atomic E-state index is -4.29. The van der Waals surface area contributed by atoms with E-state index in [4.69, 9.17) is 16.3 Å². The first-order chi connectivity index (χ1) is 18.1. The monoisotopic (exact) mass is 557 g/mol. The van der Waals surface area contributed by atoms with Crippen LogP contribution in [0.1, 0.15) is 63.5 Å². The average molecular weight is 558 g/mol. The van der Waals surface area contributed by atoms with Gasteiger partial charge in [-0.05, 0) is 67.3 Å². The van der Waals surface area contributed by atoms with E-state index in [-0.39, 0.29) is 27.8 Å². The highest BCUT2D eigenvalue weighted by Gasteiger charge is 2.21. The molecule has 1 aromatic heterocycles. The number of aromatic nitrogens is 1. The SMILES string of the molecule is CCC(CC)OC(=O)c1ccc(C(=O)NS(=O)(=O)c2cccc(C(=O)NCCc3ccc(Cl)cc3)c2)cn1. The number of halogens is 1. The molecule has 0 aliphatic rings. The molecule has 0 fully saturated rings. The van der Waals surface area contributed by atoms with Crippen LogP contribution in [0.3, 0.4) is 0 Å². The average Bonchev–Trinajstić information content (AvgIpc) is 2.92. The van der Waals surface area contributed by atoms with Gasteiger partial charge in [0.2, 0.25) is 0 Å². The number of rotatable bonds is 11. The number of carbonyl (C=O) groups excluding carboxylic acids is 3. The highest BCUT2D eigenvalue weighted by Crippen LogP contribution is 2.14. The first-order valence-electron chi connectivity index (χ1n) is 12.0. The standard InChI is InChI=1S/C27H28ClN3O6S/c1-3-22(4-2)37-27(34)24-13-10-20(17-30-24)26(33)31-38(35,36)23-7-5-6-19(16-23)25(32)29-15-14-18-8-11-21(28)12-9-18/h5-13,16-17,22H,3-4,14-15H2,1-2H3,(H,29,32)(H,31,33). The zero-order chi connectivity index (χ0) is 27.7. The molecule has 9 nitrogen and oxygen atoms in total. The van der Waals surface area contributed by atoms with Crippen molar-refractivity contribution in [2.24, 2.45) is 0 Å². The van der Waals surface area contributed by atoms with Crippen LogP contribution < -0.4 is 10.0 Å². The number of esters is 1. The summed E-state index contributed by atoms with van der Waals surface area (Å²) in [4.78, 5) is 41.0. The normalized spacial score (nSPS) is 11.2. The maximum Gasteiger partial charge on any atom is 0.357 e. The van der Waals surface area contributed by atoms with E-state index < -0.39 is 27.8 Å². The van der Waals surface area contributed by atoms with Gasteiger partial charge in [0.05, 0.1) is 10.5 Å². The van der Waals surface area contributed by atoms with Crippen molar-refractivity contribution in [2.45, 2.75) is 44.1 Å². The summed E-state index contributed by atoms with van der Waals surface area (Å²) in [5.74, 6) is -2.01. The first kappa shape index (κ1) is 28.8. The van der Waals surface area contributed by atoms with Gasteiger partial charge < -0.3 is 10.1 Å². The van der Waals surface area contributed by atoms with Crippen molar-refractivity contribution in [3.63, 3.8) is 0 Å². The Morgan fingerprint density at radius 3 is 2.29 bits per heavy atom. The van der Waals surface area contributed by atoms with E-state index in [1.807, 2.05) is 30.7 Å². The topological polar surface area (TPSA) is 132 Å². The Morgan fingerprint density at radius 2 is 1.66 bits per heavy atom. The number of nitrogens with one attached hydrogen (secondary N) is 2. The predicted octanol–water partition coefficient (Wildman–Crippen LogP) is 4.17. The molecule has 0 spiro atoms. The summed E-state index contributed by atoms with van der Waals surface area (Å²) in [7, 11) is -4.29. The van der Waals surface area contributed by atoms with E-state index >= 15 is 0 Å². The number of sulfonamides is 1. The lowest BCUT2D eigenvalue weighted by molar-refractivity contribution is 0.0277. The van der Waals surface area contributed by atoms with Gasteiger partial charge in [0.1, 0.15) is 11.8 Å². The predicted molar refractivity (Wildman–Crippen MR) is 143 cm³/mol. The molecule has 0 radical (unpaired) electrons. The van der Waals surface area contributed by atoms with Gasteiger partial charge in [0, 0.05) is 23.3 Å². The molecule has 38 heavy (non-hydrogen) atoms. The fourth-order valence-corrected chi connectivity index (χ4v) is 4.58. The summed E-state index contributed by atoms with van der Waals surface area (Å²) < 4.78 is 32.9. The number of hydrogen-bond acceptors (Lipinski definition) is 7. The molecule has 0 saturated carbocycles. The molecule has 2 aromatic carbocycles. The Kier molecular flexibility index (Phi) is 9.98. The number of nitrogens with zero attached hydrogens (tertiary/aromatic N) is 1. The number of hydrogen-bond donors (Lipinski definition) is 2. The van der Waals surface area contributed by atoms with E-state index in [1.54, 1.807) is 12.1 Å². The third-order valence-electron chi connectivity index (χ3n) is 5.67. The molecule has 3 aromatic rings. The highest BCUT2D eigenvalue weighted by atomic mass is 35.5. The second-order valence-electron chi connectivity index (χ2n) is 8.37. The maximum atomic E-state index is 12.8. The molecule has 3 rings (SSSR count). The third kappa shape index (κ3) is 7.87. The molecule has 2 N–H and O–H groups in total. The van der Waals surface area contributed by atoms with Crippen LogP contribution in [0.25, 0.3) is 0 Å². The van der Waals surface area contributed by atoms with Gasteiger partial charge >= 0.3 is 5.97 Å². The Morgan fingerprint density at radius 1 is 0.947 bits per heavy atom. The van der Waals surface area contributed by atoms with Gasteiger partial charge in [-0.1, -0.05) is 43.6 Å². The van der Waals surface area contributed by atoms with Crippen molar-refractivity contribution in [2.75, 3.05) is 6.54 Å². The van der Waals surface area contributed by atoms with Gasteiger partial charge in [-0.15, -0.1) is 0 Å². The molecule has 0 unspecified atom stereocenters. The Bertz CT molecular complexity index is 1390. The second-order valence-corrected chi connectivity index (χ2v) is 10.5. The van der Waals surface area contributed by atoms with Crippen LogP contribution in [0.2, 0.25) is 5.02 Å². The molecule has 1 heterocycles. The molecule has 0 atom stereocenters. The molecule has 2 amide bonds. The van der Waals surface area contributed by atoms with Crippen LogP contribution in [0, 0.1) is 0 Å². The lowest BCUT2D eigenvalue weighted by Crippen LogP contribution is -2.31. The van der Waals surface area contributed by atoms with Crippen LogP contribution in [-0.4, -0.2) is 43.8 Å². The second kappa shape index (κ2) is 13.2. The fourth-order valence-electron chi connectivity index (χ4n) is 3.43. The molecule has 200 valence electrons. The number of pyridine rings is 1. The number of benzene rings is 2. The third-order valence-corrected chi connectivity index (χ3v) is 7.25. The van der Waals surface area contributed by atoms with Crippen LogP contribution in [0.5, 0.6) is 0 Å². The molecular weight excluding hydrogens is 530 g/mol. The van der Waals surface area contributed by atoms with Crippen molar-refractivity contribution in [3.05, 3.63) is 94.3 Å². The summed E-state index contributed by atoms with van der Waals surface area (Å²) in [6, 6.07) is 15.1. The van der Waals surface area contributed by atoms with E-state index in [1.165, 1.54) is 36.4 Å². The maximum absolute atomic E-state index is 12.8. The van der Waals surface area contributed by atoms with Gasteiger partial charge in [-0.25, -0.2) is 22.9 Å². The number of ether oxygens (including phenoxy) is 1. The minimum absolute atomic E-state index is 0.00563. The van der Waals surface area contributed by atoms with E-state index in [0.717, 1.165) is 11.8 Å². The van der Waals surface area contributed by atoms with Gasteiger partial charge in [-0.2, -0.15) is 0 Å². The van der Waals surface area contributed by atoms with Crippen LogP contribution in [0.15, 0.2) is 71.8 Å². The molecular formula is C27H28ClN3O6S. The van der Waals surface area contributed by atoms with Crippen LogP contribution in [-0.2, 0) is 21.2 Å². The molecule has 11 heteroatoms. The van der Waals surface area contributed by atoms with Gasteiger partial charge in [0.15, 0.2) is 0 Å². The lowest BCUT2D eigenvalue weighted by atomic mass is 10.1. The summed E-state index contributed by atoms with van der Waals surface area (Å²) >= 11 is 5.87. The van der Waals surface area contributed by atoms with E-state index in [0.29, 0.717) is 30.8 Å². The Hall–Kier alpha value is -3.76. The lowest BCUT2D eigenvalue weighted by Gasteiger charge is -2.13. The minimum Gasteiger partial charge on any atom is -0.458 e. The molecule has 0 aliphatic heterocycles. The van der Waals surface area contributed by atoms with Gasteiger partial charge in [-0.3, -0.25) is 9.59 Å². The number of carbonyl (C=O) groups is 3. The summed E-state index contributed by atoms with van der Waals surface area (Å²) in [6.07, 6.45) is 2.75. The number of amides is 2.